The third-order valence-corrected chi connectivity index (χ3v) is 13.0. The Morgan fingerprint density at radius 3 is 0.952 bits per heavy atom. The third kappa shape index (κ3) is 3.43. The molecular formula is C18H16IrPPd. The fraction of sp³-hybridized carbons (Fsp3) is 0. The Bertz CT molecular complexity index is 575. The van der Waals surface area contributed by atoms with E-state index in [9.17, 15) is 0 Å². The molecule has 3 rings (SSSR count). The van der Waals surface area contributed by atoms with Gasteiger partial charge >= 0.3 is 131 Å². The molecule has 0 saturated carbocycles. The molecule has 112 valence electrons. The molecule has 0 bridgehead atoms. The maximum absolute atomic E-state index is 2.44. The van der Waals surface area contributed by atoms with E-state index in [1.807, 2.05) is 0 Å². The molecule has 21 heavy (non-hydrogen) atoms. The van der Waals surface area contributed by atoms with Gasteiger partial charge in [0, 0.05) is 20.4 Å². The van der Waals surface area contributed by atoms with Crippen LogP contribution in [0, 0.1) is 0 Å². The van der Waals surface area contributed by atoms with E-state index in [4.69, 9.17) is 0 Å². The fourth-order valence-electron chi connectivity index (χ4n) is 2.48. The normalized spacial score (nSPS) is 11.5. The summed E-state index contributed by atoms with van der Waals surface area (Å²) in [5, 5.41) is 4.37. The fourth-order valence-corrected chi connectivity index (χ4v) is 8.98. The monoisotopic (exact) mass is 562 g/mol. The second kappa shape index (κ2) is 7.60. The molecule has 0 aliphatic carbocycles. The average molecular weight is 562 g/mol. The van der Waals surface area contributed by atoms with Gasteiger partial charge < -0.3 is 0 Å². The van der Waals surface area contributed by atoms with Crippen LogP contribution >= 0.6 is 5.50 Å². The van der Waals surface area contributed by atoms with Crippen molar-refractivity contribution in [2.45, 2.75) is 0 Å². The minimum Gasteiger partial charge on any atom is 0 e. The van der Waals surface area contributed by atoms with E-state index in [1.165, 1.54) is 15.9 Å². The molecule has 0 saturated heterocycles. The molecule has 0 N–H and O–H groups in total. The summed E-state index contributed by atoms with van der Waals surface area (Å²) in [5.41, 5.74) is -1.88. The van der Waals surface area contributed by atoms with Gasteiger partial charge in [-0.2, -0.15) is 0 Å². The van der Waals surface area contributed by atoms with Gasteiger partial charge in [-0.05, 0) is 0 Å². The van der Waals surface area contributed by atoms with Crippen molar-refractivity contribution in [2.24, 2.45) is 0 Å². The Hall–Kier alpha value is -0.598. The van der Waals surface area contributed by atoms with Gasteiger partial charge in [0.05, 0.1) is 0 Å². The summed E-state index contributed by atoms with van der Waals surface area (Å²) in [6.45, 7) is 0. The van der Waals surface area contributed by atoms with Gasteiger partial charge in [-0.15, -0.1) is 0 Å². The molecule has 3 heteroatoms. The SMILES string of the molecule is [Ir][PH](c1ccccc1)(c1ccccc1)c1ccccc1.[Pd]. The summed E-state index contributed by atoms with van der Waals surface area (Å²) in [7, 11) is 0. The number of hydrogen-bond acceptors (Lipinski definition) is 0. The third-order valence-electron chi connectivity index (χ3n) is 3.48. The molecule has 0 radical (unpaired) electrons. The van der Waals surface area contributed by atoms with E-state index in [1.54, 1.807) is 0 Å². The molecule has 0 aliphatic heterocycles. The summed E-state index contributed by atoms with van der Waals surface area (Å²) >= 11 is 2.44. The first-order valence-electron chi connectivity index (χ1n) is 6.65. The molecule has 3 aromatic carbocycles. The predicted molar refractivity (Wildman–Crippen MR) is 86.5 cm³/mol. The minimum absolute atomic E-state index is 0. The quantitative estimate of drug-likeness (QED) is 0.341. The number of hydrogen-bond donors (Lipinski definition) is 0. The Morgan fingerprint density at radius 2 is 0.714 bits per heavy atom. The van der Waals surface area contributed by atoms with Crippen molar-refractivity contribution in [3.8, 4) is 0 Å². The molecule has 0 aromatic heterocycles. The van der Waals surface area contributed by atoms with Crippen molar-refractivity contribution in [1.82, 2.24) is 0 Å². The van der Waals surface area contributed by atoms with Crippen LogP contribution in [0.15, 0.2) is 91.0 Å². The topological polar surface area (TPSA) is 0 Å². The van der Waals surface area contributed by atoms with E-state index >= 15 is 0 Å². The Balaban J connectivity index is 0.00000161. The van der Waals surface area contributed by atoms with Crippen LogP contribution in [0.2, 0.25) is 0 Å². The molecule has 0 aliphatic rings. The van der Waals surface area contributed by atoms with Gasteiger partial charge in [-0.25, -0.2) is 0 Å². The minimum atomic E-state index is -1.88. The molecule has 0 atom stereocenters. The van der Waals surface area contributed by atoms with Crippen LogP contribution in [-0.4, -0.2) is 0 Å². The molecule has 0 fully saturated rings. The van der Waals surface area contributed by atoms with Crippen molar-refractivity contribution < 1.29 is 38.8 Å². The van der Waals surface area contributed by atoms with Crippen LogP contribution in [-0.2, 0) is 38.8 Å². The van der Waals surface area contributed by atoms with Crippen molar-refractivity contribution in [1.29, 1.82) is 0 Å². The smallest absolute Gasteiger partial charge is 0 e. The van der Waals surface area contributed by atoms with Gasteiger partial charge in [0.25, 0.3) is 0 Å². The van der Waals surface area contributed by atoms with E-state index < -0.39 is 5.50 Å². The Morgan fingerprint density at radius 1 is 0.476 bits per heavy atom. The van der Waals surface area contributed by atoms with Crippen molar-refractivity contribution in [2.75, 3.05) is 0 Å². The van der Waals surface area contributed by atoms with E-state index in [0.29, 0.717) is 0 Å². The van der Waals surface area contributed by atoms with Gasteiger partial charge in [0.1, 0.15) is 0 Å². The number of benzene rings is 3. The standard InChI is InChI=1S/C18H15P.Ir.Pd/c1-4-10-16(11-5-1)19(17-12-6-2-7-13-17)18-14-8-3-9-15-18;;/h1-15H;;/q;-1;/p+1. The summed E-state index contributed by atoms with van der Waals surface area (Å²) in [6, 6.07) is 32.8. The molecule has 0 nitrogen and oxygen atoms in total. The van der Waals surface area contributed by atoms with Crippen LogP contribution in [0.25, 0.3) is 0 Å². The van der Waals surface area contributed by atoms with E-state index in [-0.39, 0.29) is 20.4 Å². The maximum atomic E-state index is 2.44. The molecule has 0 amide bonds. The van der Waals surface area contributed by atoms with E-state index in [2.05, 4.69) is 109 Å². The van der Waals surface area contributed by atoms with Gasteiger partial charge in [0.2, 0.25) is 0 Å². The van der Waals surface area contributed by atoms with Crippen LogP contribution in [0.1, 0.15) is 0 Å². The van der Waals surface area contributed by atoms with Gasteiger partial charge in [0.15, 0.2) is 0 Å². The first-order valence-corrected chi connectivity index (χ1v) is 12.1. The average Bonchev–Trinajstić information content (AvgIpc) is 2.56. The zero-order chi connectivity index (χ0) is 13.8. The van der Waals surface area contributed by atoms with Crippen LogP contribution in [0.3, 0.4) is 0 Å². The zero-order valence-electron chi connectivity index (χ0n) is 11.3. The second-order valence-electron chi connectivity index (χ2n) is 4.72. The predicted octanol–water partition coefficient (Wildman–Crippen LogP) is 3.17. The molecule has 0 heterocycles. The number of rotatable bonds is 3. The maximum Gasteiger partial charge on any atom is 0 e. The van der Waals surface area contributed by atoms with Crippen molar-refractivity contribution >= 4 is 21.4 Å². The summed E-state index contributed by atoms with van der Waals surface area (Å²) in [5.74, 6) is 0. The van der Waals surface area contributed by atoms with Gasteiger partial charge in [-0.1, -0.05) is 0 Å². The van der Waals surface area contributed by atoms with Gasteiger partial charge in [-0.3, -0.25) is 0 Å². The zero-order valence-corrected chi connectivity index (χ0v) is 16.3. The molecule has 3 aromatic rings. The summed E-state index contributed by atoms with van der Waals surface area (Å²) in [6.07, 6.45) is 0. The largest absolute Gasteiger partial charge is 0 e. The van der Waals surface area contributed by atoms with Crippen LogP contribution < -0.4 is 15.9 Å². The molecular weight excluding hydrogens is 546 g/mol. The van der Waals surface area contributed by atoms with Crippen LogP contribution in [0.5, 0.6) is 0 Å². The van der Waals surface area contributed by atoms with Crippen molar-refractivity contribution in [3.05, 3.63) is 91.0 Å². The van der Waals surface area contributed by atoms with Crippen molar-refractivity contribution in [3.63, 3.8) is 0 Å². The molecule has 0 unspecified atom stereocenters. The van der Waals surface area contributed by atoms with Crippen LogP contribution in [0.4, 0.5) is 0 Å². The molecule has 0 spiro atoms. The summed E-state index contributed by atoms with van der Waals surface area (Å²) < 4.78 is 0. The Kier molecular flexibility index (Phi) is 6.07. The first kappa shape index (κ1) is 16.8. The Labute approximate surface area is 150 Å². The summed E-state index contributed by atoms with van der Waals surface area (Å²) in [4.78, 5) is 0. The second-order valence-corrected chi connectivity index (χ2v) is 13.1. The van der Waals surface area contributed by atoms with E-state index in [0.717, 1.165) is 0 Å². The first-order chi connectivity index (χ1) is 9.82.